The summed E-state index contributed by atoms with van der Waals surface area (Å²) < 4.78 is 27.0. The number of nitrogens with one attached hydrogen (secondary N) is 2. The molecule has 2 N–H and O–H groups in total. The molecule has 0 radical (unpaired) electrons. The second-order valence-electron chi connectivity index (χ2n) is 6.03. The molecule has 1 atom stereocenters. The zero-order valence-electron chi connectivity index (χ0n) is 12.9. The summed E-state index contributed by atoms with van der Waals surface area (Å²) in [6.45, 7) is 11.5. The molecule has 114 valence electrons. The second-order valence-corrected chi connectivity index (χ2v) is 7.80. The molecular weight excluding hydrogens is 274 g/mol. The van der Waals surface area contributed by atoms with Gasteiger partial charge in [-0.3, -0.25) is 0 Å². The highest BCUT2D eigenvalue weighted by molar-refractivity contribution is 7.89. The minimum atomic E-state index is -3.49. The SMILES string of the molecule is CCNc1ccc(S(=O)(=O)NCC(C)C(C)(C)C)cn1. The van der Waals surface area contributed by atoms with Crippen molar-refractivity contribution in [2.75, 3.05) is 18.4 Å². The van der Waals surface area contributed by atoms with Crippen LogP contribution in [0.4, 0.5) is 5.82 Å². The number of nitrogens with zero attached hydrogens (tertiary/aromatic N) is 1. The van der Waals surface area contributed by atoms with Crippen molar-refractivity contribution in [2.45, 2.75) is 39.5 Å². The van der Waals surface area contributed by atoms with Gasteiger partial charge in [-0.05, 0) is 30.4 Å². The molecule has 0 aromatic carbocycles. The predicted octanol–water partition coefficient (Wildman–Crippen LogP) is 2.47. The molecule has 0 fully saturated rings. The lowest BCUT2D eigenvalue weighted by Gasteiger charge is -2.27. The Morgan fingerprint density at radius 2 is 1.95 bits per heavy atom. The van der Waals surface area contributed by atoms with Gasteiger partial charge in [0, 0.05) is 19.3 Å². The Hall–Kier alpha value is -1.14. The van der Waals surface area contributed by atoms with Gasteiger partial charge in [-0.25, -0.2) is 18.1 Å². The van der Waals surface area contributed by atoms with Crippen molar-refractivity contribution >= 4 is 15.8 Å². The molecule has 0 aliphatic heterocycles. The van der Waals surface area contributed by atoms with E-state index >= 15 is 0 Å². The molecular formula is C14H25N3O2S. The monoisotopic (exact) mass is 299 g/mol. The first-order valence-electron chi connectivity index (χ1n) is 6.86. The Morgan fingerprint density at radius 3 is 2.40 bits per heavy atom. The van der Waals surface area contributed by atoms with Gasteiger partial charge in [0.15, 0.2) is 0 Å². The summed E-state index contributed by atoms with van der Waals surface area (Å²) in [7, 11) is -3.49. The van der Waals surface area contributed by atoms with E-state index in [1.807, 2.05) is 13.8 Å². The maximum absolute atomic E-state index is 12.2. The van der Waals surface area contributed by atoms with Crippen LogP contribution < -0.4 is 10.0 Å². The molecule has 1 unspecified atom stereocenters. The molecule has 0 spiro atoms. The van der Waals surface area contributed by atoms with E-state index in [0.29, 0.717) is 12.4 Å². The van der Waals surface area contributed by atoms with Crippen LogP contribution in [0.1, 0.15) is 34.6 Å². The van der Waals surface area contributed by atoms with Gasteiger partial charge in [0.25, 0.3) is 0 Å². The van der Waals surface area contributed by atoms with Crippen molar-refractivity contribution < 1.29 is 8.42 Å². The largest absolute Gasteiger partial charge is 0.370 e. The Labute approximate surface area is 122 Å². The molecule has 5 nitrogen and oxygen atoms in total. The lowest BCUT2D eigenvalue weighted by atomic mass is 9.82. The normalized spacial score (nSPS) is 14.1. The van der Waals surface area contributed by atoms with Gasteiger partial charge in [0.2, 0.25) is 10.0 Å². The van der Waals surface area contributed by atoms with Gasteiger partial charge in [0.1, 0.15) is 10.7 Å². The number of aromatic nitrogens is 1. The molecule has 1 heterocycles. The molecule has 0 aliphatic rings. The van der Waals surface area contributed by atoms with Gasteiger partial charge in [0.05, 0.1) is 0 Å². The molecule has 1 aromatic heterocycles. The smallest absolute Gasteiger partial charge is 0.242 e. The van der Waals surface area contributed by atoms with Crippen molar-refractivity contribution in [1.29, 1.82) is 0 Å². The average Bonchev–Trinajstić information content (AvgIpc) is 2.36. The molecule has 20 heavy (non-hydrogen) atoms. The molecule has 0 bridgehead atoms. The van der Waals surface area contributed by atoms with E-state index in [4.69, 9.17) is 0 Å². The molecule has 0 saturated heterocycles. The fourth-order valence-electron chi connectivity index (χ4n) is 1.45. The van der Waals surface area contributed by atoms with Crippen molar-refractivity contribution in [2.24, 2.45) is 11.3 Å². The maximum Gasteiger partial charge on any atom is 0.242 e. The molecule has 6 heteroatoms. The van der Waals surface area contributed by atoms with Gasteiger partial charge in [-0.2, -0.15) is 0 Å². The Balaban J connectivity index is 2.74. The summed E-state index contributed by atoms with van der Waals surface area (Å²) in [5.41, 5.74) is 0.0652. The van der Waals surface area contributed by atoms with E-state index in [9.17, 15) is 8.42 Å². The molecule has 0 amide bonds. The van der Waals surface area contributed by atoms with Crippen LogP contribution in [-0.4, -0.2) is 26.5 Å². The quantitative estimate of drug-likeness (QED) is 0.846. The first-order valence-corrected chi connectivity index (χ1v) is 8.34. The average molecular weight is 299 g/mol. The van der Waals surface area contributed by atoms with Crippen molar-refractivity contribution in [1.82, 2.24) is 9.71 Å². The van der Waals surface area contributed by atoms with Crippen molar-refractivity contribution in [3.63, 3.8) is 0 Å². The van der Waals surface area contributed by atoms with Crippen LogP contribution in [0, 0.1) is 11.3 Å². The second kappa shape index (κ2) is 6.54. The summed E-state index contributed by atoms with van der Waals surface area (Å²) >= 11 is 0. The third-order valence-electron chi connectivity index (χ3n) is 3.46. The predicted molar refractivity (Wildman–Crippen MR) is 82.2 cm³/mol. The summed E-state index contributed by atoms with van der Waals surface area (Å²) in [6.07, 6.45) is 1.38. The third-order valence-corrected chi connectivity index (χ3v) is 4.87. The number of hydrogen-bond donors (Lipinski definition) is 2. The van der Waals surface area contributed by atoms with Crippen molar-refractivity contribution in [3.05, 3.63) is 18.3 Å². The Bertz CT molecular complexity index is 518. The fourth-order valence-corrected chi connectivity index (χ4v) is 2.52. The highest BCUT2D eigenvalue weighted by Crippen LogP contribution is 2.24. The van der Waals surface area contributed by atoms with Crippen LogP contribution >= 0.6 is 0 Å². The third kappa shape index (κ3) is 4.76. The standard InChI is InChI=1S/C14H25N3O2S/c1-6-15-13-8-7-12(10-16-13)20(18,19)17-9-11(2)14(3,4)5/h7-8,10-11,17H,6,9H2,1-5H3,(H,15,16). The Morgan fingerprint density at radius 1 is 1.30 bits per heavy atom. The highest BCUT2D eigenvalue weighted by Gasteiger charge is 2.22. The summed E-state index contributed by atoms with van der Waals surface area (Å²) in [6, 6.07) is 3.24. The fraction of sp³-hybridized carbons (Fsp3) is 0.643. The minimum absolute atomic E-state index is 0.0652. The maximum atomic E-state index is 12.2. The van der Waals surface area contributed by atoms with E-state index < -0.39 is 10.0 Å². The van der Waals surface area contributed by atoms with Crippen LogP contribution in [0.5, 0.6) is 0 Å². The minimum Gasteiger partial charge on any atom is -0.370 e. The van der Waals surface area contributed by atoms with Gasteiger partial charge in [-0.1, -0.05) is 27.7 Å². The van der Waals surface area contributed by atoms with E-state index in [1.165, 1.54) is 6.20 Å². The molecule has 1 rings (SSSR count). The van der Waals surface area contributed by atoms with Gasteiger partial charge < -0.3 is 5.32 Å². The van der Waals surface area contributed by atoms with Crippen LogP contribution in [0.15, 0.2) is 23.2 Å². The van der Waals surface area contributed by atoms with Gasteiger partial charge >= 0.3 is 0 Å². The van der Waals surface area contributed by atoms with Crippen molar-refractivity contribution in [3.8, 4) is 0 Å². The number of anilines is 1. The Kier molecular flexibility index (Phi) is 5.53. The van der Waals surface area contributed by atoms with Crippen LogP contribution in [-0.2, 0) is 10.0 Å². The number of rotatable bonds is 6. The number of hydrogen-bond acceptors (Lipinski definition) is 4. The highest BCUT2D eigenvalue weighted by atomic mass is 32.2. The number of pyridine rings is 1. The van der Waals surface area contributed by atoms with E-state index in [1.54, 1.807) is 12.1 Å². The molecule has 1 aromatic rings. The zero-order valence-corrected chi connectivity index (χ0v) is 13.7. The lowest BCUT2D eigenvalue weighted by molar-refractivity contribution is 0.263. The van der Waals surface area contributed by atoms with Crippen LogP contribution in [0.25, 0.3) is 0 Å². The summed E-state index contributed by atoms with van der Waals surface area (Å²) in [5, 5.41) is 3.03. The lowest BCUT2D eigenvalue weighted by Crippen LogP contribution is -2.33. The van der Waals surface area contributed by atoms with Crippen LogP contribution in [0.3, 0.4) is 0 Å². The molecule has 0 aliphatic carbocycles. The number of sulfonamides is 1. The van der Waals surface area contributed by atoms with E-state index in [-0.39, 0.29) is 16.2 Å². The molecule has 0 saturated carbocycles. The van der Waals surface area contributed by atoms with Gasteiger partial charge in [-0.15, -0.1) is 0 Å². The zero-order chi connectivity index (χ0) is 15.4. The van der Waals surface area contributed by atoms with E-state index in [2.05, 4.69) is 35.8 Å². The first-order chi connectivity index (χ1) is 9.16. The summed E-state index contributed by atoms with van der Waals surface area (Å²) in [5.74, 6) is 0.917. The van der Waals surface area contributed by atoms with E-state index in [0.717, 1.165) is 6.54 Å². The topological polar surface area (TPSA) is 71.1 Å². The van der Waals surface area contributed by atoms with Crippen LogP contribution in [0.2, 0.25) is 0 Å². The summed E-state index contributed by atoms with van der Waals surface area (Å²) in [4.78, 5) is 4.27. The first kappa shape index (κ1) is 16.9.